The Morgan fingerprint density at radius 1 is 1.33 bits per heavy atom. The van der Waals surface area contributed by atoms with Crippen LogP contribution in [0.1, 0.15) is 50.2 Å². The molecule has 100 valence electrons. The molecule has 1 fully saturated rings. The minimum absolute atomic E-state index is 0.301. The van der Waals surface area contributed by atoms with Crippen molar-refractivity contribution in [3.63, 3.8) is 0 Å². The third kappa shape index (κ3) is 3.76. The van der Waals surface area contributed by atoms with E-state index in [1.54, 1.807) is 0 Å². The first-order chi connectivity index (χ1) is 8.69. The second kappa shape index (κ2) is 6.63. The highest BCUT2D eigenvalue weighted by molar-refractivity contribution is 8.00. The van der Waals surface area contributed by atoms with Gasteiger partial charge in [0.15, 0.2) is 0 Å². The molecule has 1 aromatic rings. The first-order valence-corrected chi connectivity index (χ1v) is 8.08. The maximum absolute atomic E-state index is 6.12. The van der Waals surface area contributed by atoms with Crippen LogP contribution >= 0.6 is 11.8 Å². The molecule has 1 aromatic carbocycles. The quantitative estimate of drug-likeness (QED) is 0.856. The maximum Gasteiger partial charge on any atom is 0.0108 e. The van der Waals surface area contributed by atoms with E-state index >= 15 is 0 Å². The van der Waals surface area contributed by atoms with E-state index in [2.05, 4.69) is 43.8 Å². The lowest BCUT2D eigenvalue weighted by molar-refractivity contribution is 0.640. The van der Waals surface area contributed by atoms with E-state index in [4.69, 9.17) is 5.73 Å². The van der Waals surface area contributed by atoms with E-state index in [1.807, 2.05) is 0 Å². The van der Waals surface area contributed by atoms with E-state index in [0.29, 0.717) is 6.04 Å². The van der Waals surface area contributed by atoms with Gasteiger partial charge in [-0.15, -0.1) is 11.8 Å². The second-order valence-corrected chi connectivity index (χ2v) is 6.85. The van der Waals surface area contributed by atoms with Gasteiger partial charge in [-0.3, -0.25) is 0 Å². The molecule has 18 heavy (non-hydrogen) atoms. The lowest BCUT2D eigenvalue weighted by Gasteiger charge is -2.16. The third-order valence-corrected chi connectivity index (χ3v) is 5.28. The van der Waals surface area contributed by atoms with Crippen molar-refractivity contribution >= 4 is 11.8 Å². The van der Waals surface area contributed by atoms with E-state index in [1.165, 1.54) is 41.7 Å². The van der Waals surface area contributed by atoms with Crippen LogP contribution in [-0.2, 0) is 6.42 Å². The largest absolute Gasteiger partial charge is 0.327 e. The summed E-state index contributed by atoms with van der Waals surface area (Å²) in [6, 6.07) is 7.16. The fourth-order valence-electron chi connectivity index (χ4n) is 2.60. The minimum atomic E-state index is 0.301. The minimum Gasteiger partial charge on any atom is -0.327 e. The number of nitrogens with two attached hydrogens (primary N) is 1. The van der Waals surface area contributed by atoms with Gasteiger partial charge in [0.2, 0.25) is 0 Å². The number of thioether (sulfide) groups is 1. The van der Waals surface area contributed by atoms with Gasteiger partial charge in [-0.25, -0.2) is 0 Å². The van der Waals surface area contributed by atoms with Gasteiger partial charge in [0.1, 0.15) is 0 Å². The maximum atomic E-state index is 6.12. The van der Waals surface area contributed by atoms with Crippen LogP contribution in [0.3, 0.4) is 0 Å². The van der Waals surface area contributed by atoms with Crippen molar-refractivity contribution < 1.29 is 0 Å². The van der Waals surface area contributed by atoms with E-state index in [9.17, 15) is 0 Å². The highest BCUT2D eigenvalue weighted by atomic mass is 32.2. The predicted octanol–water partition coefficient (Wildman–Crippen LogP) is 4.31. The van der Waals surface area contributed by atoms with Gasteiger partial charge in [-0.05, 0) is 44.2 Å². The van der Waals surface area contributed by atoms with Crippen molar-refractivity contribution in [1.29, 1.82) is 0 Å². The second-order valence-electron chi connectivity index (χ2n) is 5.51. The molecule has 1 nitrogen and oxygen atoms in total. The first-order valence-electron chi connectivity index (χ1n) is 7.20. The monoisotopic (exact) mass is 263 g/mol. The summed E-state index contributed by atoms with van der Waals surface area (Å²) in [7, 11) is 0. The van der Waals surface area contributed by atoms with E-state index < -0.39 is 0 Å². The zero-order chi connectivity index (χ0) is 13.0. The van der Waals surface area contributed by atoms with Gasteiger partial charge in [0, 0.05) is 16.2 Å². The van der Waals surface area contributed by atoms with Gasteiger partial charge in [-0.2, -0.15) is 0 Å². The van der Waals surface area contributed by atoms with Crippen molar-refractivity contribution in [3.8, 4) is 0 Å². The fourth-order valence-corrected chi connectivity index (χ4v) is 3.96. The molecule has 0 aromatic heterocycles. The Morgan fingerprint density at radius 3 is 2.72 bits per heavy atom. The van der Waals surface area contributed by atoms with Crippen LogP contribution in [0.5, 0.6) is 0 Å². The van der Waals surface area contributed by atoms with E-state index in [0.717, 1.165) is 18.1 Å². The predicted molar refractivity (Wildman–Crippen MR) is 81.3 cm³/mol. The highest BCUT2D eigenvalue weighted by Crippen LogP contribution is 2.36. The molecule has 0 radical (unpaired) electrons. The standard InChI is InChI=1S/C16H25NS/c1-3-14(17)11-13-10-12(2)8-9-16(13)18-15-6-4-5-7-15/h8-10,14-15H,3-7,11,17H2,1-2H3. The number of hydrogen-bond donors (Lipinski definition) is 1. The highest BCUT2D eigenvalue weighted by Gasteiger charge is 2.18. The average Bonchev–Trinajstić information content (AvgIpc) is 2.85. The number of aryl methyl sites for hydroxylation is 1. The molecule has 1 saturated carbocycles. The summed E-state index contributed by atoms with van der Waals surface area (Å²) >= 11 is 2.08. The lowest BCUT2D eigenvalue weighted by atomic mass is 10.0. The van der Waals surface area contributed by atoms with Crippen molar-refractivity contribution in [2.75, 3.05) is 0 Å². The summed E-state index contributed by atoms with van der Waals surface area (Å²) in [4.78, 5) is 1.47. The van der Waals surface area contributed by atoms with Gasteiger partial charge < -0.3 is 5.73 Å². The van der Waals surface area contributed by atoms with E-state index in [-0.39, 0.29) is 0 Å². The van der Waals surface area contributed by atoms with Crippen molar-refractivity contribution in [3.05, 3.63) is 29.3 Å². The third-order valence-electron chi connectivity index (χ3n) is 3.82. The summed E-state index contributed by atoms with van der Waals surface area (Å²) in [6.07, 6.45) is 7.67. The molecule has 0 saturated heterocycles. The van der Waals surface area contributed by atoms with Crippen LogP contribution in [0.15, 0.2) is 23.1 Å². The van der Waals surface area contributed by atoms with Crippen LogP contribution in [0, 0.1) is 6.92 Å². The molecule has 1 atom stereocenters. The molecule has 1 aliphatic rings. The smallest absolute Gasteiger partial charge is 0.0108 e. The summed E-state index contributed by atoms with van der Waals surface area (Å²) in [5.41, 5.74) is 8.93. The van der Waals surface area contributed by atoms with Gasteiger partial charge in [0.25, 0.3) is 0 Å². The van der Waals surface area contributed by atoms with Crippen molar-refractivity contribution in [2.24, 2.45) is 5.73 Å². The molecule has 1 unspecified atom stereocenters. The Balaban J connectivity index is 2.11. The zero-order valence-electron chi connectivity index (χ0n) is 11.6. The zero-order valence-corrected chi connectivity index (χ0v) is 12.4. The van der Waals surface area contributed by atoms with Crippen molar-refractivity contribution in [1.82, 2.24) is 0 Å². The van der Waals surface area contributed by atoms with Gasteiger partial charge in [0.05, 0.1) is 0 Å². The SMILES string of the molecule is CCC(N)Cc1cc(C)ccc1SC1CCCC1. The molecule has 2 rings (SSSR count). The van der Waals surface area contributed by atoms with Crippen LogP contribution in [0.2, 0.25) is 0 Å². The Morgan fingerprint density at radius 2 is 2.06 bits per heavy atom. The Bertz CT molecular complexity index is 383. The molecule has 0 bridgehead atoms. The first kappa shape index (κ1) is 14.0. The summed E-state index contributed by atoms with van der Waals surface area (Å²) in [6.45, 7) is 4.34. The molecule has 0 amide bonds. The van der Waals surface area contributed by atoms with Crippen LogP contribution in [0.4, 0.5) is 0 Å². The Labute approximate surface area is 116 Å². The van der Waals surface area contributed by atoms with Crippen LogP contribution in [0.25, 0.3) is 0 Å². The fraction of sp³-hybridized carbons (Fsp3) is 0.625. The molecule has 2 N–H and O–H groups in total. The summed E-state index contributed by atoms with van der Waals surface area (Å²) < 4.78 is 0. The molecule has 0 heterocycles. The molecule has 2 heteroatoms. The average molecular weight is 263 g/mol. The molecular formula is C16H25NS. The van der Waals surface area contributed by atoms with Crippen molar-refractivity contribution in [2.45, 2.75) is 68.6 Å². The van der Waals surface area contributed by atoms with Crippen LogP contribution < -0.4 is 5.73 Å². The Kier molecular flexibility index (Phi) is 5.13. The van der Waals surface area contributed by atoms with Crippen LogP contribution in [-0.4, -0.2) is 11.3 Å². The molecule has 0 aliphatic heterocycles. The molecular weight excluding hydrogens is 238 g/mol. The number of hydrogen-bond acceptors (Lipinski definition) is 2. The normalized spacial score (nSPS) is 18.2. The lowest BCUT2D eigenvalue weighted by Crippen LogP contribution is -2.21. The van der Waals surface area contributed by atoms with Gasteiger partial charge in [-0.1, -0.05) is 37.5 Å². The number of benzene rings is 1. The Hall–Kier alpha value is -0.470. The summed E-state index contributed by atoms with van der Waals surface area (Å²) in [5, 5.41) is 0.837. The molecule has 1 aliphatic carbocycles. The van der Waals surface area contributed by atoms with Gasteiger partial charge >= 0.3 is 0 Å². The molecule has 0 spiro atoms. The summed E-state index contributed by atoms with van der Waals surface area (Å²) in [5.74, 6) is 0. The topological polar surface area (TPSA) is 26.0 Å². The number of rotatable bonds is 5.